The van der Waals surface area contributed by atoms with Crippen LogP contribution in [-0.4, -0.2) is 40.9 Å². The highest BCUT2D eigenvalue weighted by atomic mass is 16.6. The lowest BCUT2D eigenvalue weighted by Crippen LogP contribution is -2.40. The molecule has 1 aromatic carbocycles. The molecule has 1 aliphatic carbocycles. The number of hydrogen-bond donors (Lipinski definition) is 1. The Labute approximate surface area is 187 Å². The Kier molecular flexibility index (Phi) is 6.21. The van der Waals surface area contributed by atoms with Crippen LogP contribution in [0.4, 0.5) is 4.79 Å². The van der Waals surface area contributed by atoms with E-state index in [2.05, 4.69) is 15.3 Å². The Morgan fingerprint density at radius 2 is 1.97 bits per heavy atom. The van der Waals surface area contributed by atoms with Crippen molar-refractivity contribution in [1.29, 1.82) is 0 Å². The van der Waals surface area contributed by atoms with E-state index >= 15 is 0 Å². The van der Waals surface area contributed by atoms with Gasteiger partial charge in [-0.05, 0) is 70.7 Å². The number of nitrogens with one attached hydrogen (secondary N) is 1. The minimum atomic E-state index is -0.541. The van der Waals surface area contributed by atoms with Gasteiger partial charge in [-0.15, -0.1) is 0 Å². The monoisotopic (exact) mass is 439 g/mol. The van der Waals surface area contributed by atoms with Gasteiger partial charge < -0.3 is 23.9 Å². The van der Waals surface area contributed by atoms with Crippen molar-refractivity contribution in [3.8, 4) is 23.1 Å². The summed E-state index contributed by atoms with van der Waals surface area (Å²) in [6, 6.07) is 9.01. The average Bonchev–Trinajstić information content (AvgIpc) is 3.46. The van der Waals surface area contributed by atoms with Crippen LogP contribution in [0.5, 0.6) is 11.5 Å². The summed E-state index contributed by atoms with van der Waals surface area (Å²) in [7, 11) is 0. The van der Waals surface area contributed by atoms with Gasteiger partial charge in [0.15, 0.2) is 5.58 Å². The van der Waals surface area contributed by atoms with Gasteiger partial charge in [-0.2, -0.15) is 0 Å². The molecule has 0 radical (unpaired) electrons. The summed E-state index contributed by atoms with van der Waals surface area (Å²) in [5, 5.41) is 2.74. The van der Waals surface area contributed by atoms with Crippen LogP contribution in [0.3, 0.4) is 0 Å². The molecule has 1 saturated carbocycles. The van der Waals surface area contributed by atoms with Gasteiger partial charge in [0.25, 0.3) is 0 Å². The van der Waals surface area contributed by atoms with Crippen LogP contribution < -0.4 is 14.8 Å². The first-order valence-electron chi connectivity index (χ1n) is 10.9. The molecule has 1 fully saturated rings. The topological polar surface area (TPSA) is 95.7 Å². The highest BCUT2D eigenvalue weighted by molar-refractivity contribution is 5.77. The predicted molar refractivity (Wildman–Crippen MR) is 120 cm³/mol. The molecular formula is C24H29N3O5. The number of carbonyl (C=O) groups is 1. The van der Waals surface area contributed by atoms with E-state index in [1.165, 1.54) is 12.8 Å². The number of benzene rings is 1. The maximum atomic E-state index is 11.8. The number of ether oxygens (including phenoxy) is 3. The van der Waals surface area contributed by atoms with Crippen molar-refractivity contribution in [3.63, 3.8) is 0 Å². The molecule has 32 heavy (non-hydrogen) atoms. The number of hydrogen-bond acceptors (Lipinski definition) is 7. The summed E-state index contributed by atoms with van der Waals surface area (Å²) in [5.41, 5.74) is 1.48. The molecule has 1 N–H and O–H groups in total. The second kappa shape index (κ2) is 9.06. The first-order valence-corrected chi connectivity index (χ1v) is 10.9. The highest BCUT2D eigenvalue weighted by Crippen LogP contribution is 2.31. The van der Waals surface area contributed by atoms with Crippen LogP contribution in [0.25, 0.3) is 22.7 Å². The first kappa shape index (κ1) is 21.9. The molecule has 2 aromatic heterocycles. The van der Waals surface area contributed by atoms with Crippen LogP contribution in [0.15, 0.2) is 40.9 Å². The van der Waals surface area contributed by atoms with E-state index in [-0.39, 0.29) is 12.6 Å². The molecule has 1 amide bonds. The number of alkyl carbamates (subject to hydrolysis) is 1. The largest absolute Gasteiger partial charge is 0.493 e. The van der Waals surface area contributed by atoms with E-state index in [4.69, 9.17) is 18.6 Å². The smallest absolute Gasteiger partial charge is 0.407 e. The van der Waals surface area contributed by atoms with E-state index in [1.807, 2.05) is 45.9 Å². The molecule has 0 spiro atoms. The predicted octanol–water partition coefficient (Wildman–Crippen LogP) is 4.97. The Balaban J connectivity index is 1.32. The van der Waals surface area contributed by atoms with Crippen molar-refractivity contribution in [1.82, 2.24) is 15.3 Å². The third kappa shape index (κ3) is 6.12. The van der Waals surface area contributed by atoms with Gasteiger partial charge in [0.05, 0.1) is 18.8 Å². The fourth-order valence-electron chi connectivity index (χ4n) is 2.97. The second-order valence-corrected chi connectivity index (χ2v) is 9.14. The Bertz CT molecular complexity index is 1070. The van der Waals surface area contributed by atoms with Gasteiger partial charge in [-0.3, -0.25) is 0 Å². The van der Waals surface area contributed by atoms with Crippen molar-refractivity contribution in [2.45, 2.75) is 52.2 Å². The Morgan fingerprint density at radius 1 is 1.19 bits per heavy atom. The summed E-state index contributed by atoms with van der Waals surface area (Å²) in [6.07, 6.45) is 3.63. The van der Waals surface area contributed by atoms with Crippen LogP contribution in [0, 0.1) is 5.92 Å². The average molecular weight is 440 g/mol. The van der Waals surface area contributed by atoms with E-state index in [9.17, 15) is 4.79 Å². The van der Waals surface area contributed by atoms with Crippen molar-refractivity contribution < 1.29 is 23.4 Å². The molecule has 0 saturated heterocycles. The number of nitrogens with zero attached hydrogens (tertiary/aromatic N) is 2. The lowest BCUT2D eigenvalue weighted by atomic mass is 10.2. The highest BCUT2D eigenvalue weighted by Gasteiger charge is 2.22. The molecule has 4 rings (SSSR count). The number of amides is 1. The molecule has 3 aromatic rings. The van der Waals surface area contributed by atoms with Gasteiger partial charge in [-0.25, -0.2) is 14.8 Å². The van der Waals surface area contributed by atoms with Crippen LogP contribution in [-0.2, 0) is 4.74 Å². The Morgan fingerprint density at radius 3 is 2.66 bits per heavy atom. The molecule has 8 heteroatoms. The lowest BCUT2D eigenvalue weighted by Gasteiger charge is -2.22. The molecule has 0 unspecified atom stereocenters. The van der Waals surface area contributed by atoms with Crippen LogP contribution in [0.1, 0.15) is 40.5 Å². The quantitative estimate of drug-likeness (QED) is 0.529. The fraction of sp³-hybridized carbons (Fsp3) is 0.458. The maximum Gasteiger partial charge on any atom is 0.407 e. The van der Waals surface area contributed by atoms with E-state index in [1.54, 1.807) is 18.3 Å². The standard InChI is InChI=1S/C24H29N3O5/c1-15(26-23(28)32-24(2,3)4)13-29-18-7-9-19(25-12-18)22-27-20-11-17(8-10-21(20)31-22)30-14-16-5-6-16/h7-12,15-16H,5-6,13-14H2,1-4H3,(H,26,28)/t15-/m0/s1. The third-order valence-electron chi connectivity index (χ3n) is 4.76. The van der Waals surface area contributed by atoms with Crippen LogP contribution in [0.2, 0.25) is 0 Å². The van der Waals surface area contributed by atoms with Gasteiger partial charge in [0.2, 0.25) is 5.89 Å². The van der Waals surface area contributed by atoms with Crippen molar-refractivity contribution in [2.75, 3.05) is 13.2 Å². The molecule has 1 atom stereocenters. The normalized spacial score (nSPS) is 14.8. The van der Waals surface area contributed by atoms with Crippen molar-refractivity contribution in [3.05, 3.63) is 36.5 Å². The van der Waals surface area contributed by atoms with E-state index in [0.29, 0.717) is 28.8 Å². The van der Waals surface area contributed by atoms with Crippen molar-refractivity contribution >= 4 is 17.2 Å². The maximum absolute atomic E-state index is 11.8. The van der Waals surface area contributed by atoms with Gasteiger partial charge in [0, 0.05) is 6.07 Å². The van der Waals surface area contributed by atoms with Gasteiger partial charge in [0.1, 0.15) is 34.9 Å². The molecule has 170 valence electrons. The number of pyridine rings is 1. The number of fused-ring (bicyclic) bond motifs is 1. The molecule has 8 nitrogen and oxygen atoms in total. The summed E-state index contributed by atoms with van der Waals surface area (Å²) >= 11 is 0. The van der Waals surface area contributed by atoms with Crippen LogP contribution >= 0.6 is 0 Å². The number of aromatic nitrogens is 2. The SMILES string of the molecule is C[C@@H](COc1ccc(-c2nc3cc(OCC4CC4)ccc3o2)nc1)NC(=O)OC(C)(C)C. The number of carbonyl (C=O) groups excluding carboxylic acids is 1. The zero-order valence-electron chi connectivity index (χ0n) is 18.9. The number of rotatable bonds is 8. The molecule has 0 bridgehead atoms. The second-order valence-electron chi connectivity index (χ2n) is 9.14. The van der Waals surface area contributed by atoms with E-state index in [0.717, 1.165) is 17.9 Å². The molecular weight excluding hydrogens is 410 g/mol. The van der Waals surface area contributed by atoms with E-state index < -0.39 is 11.7 Å². The minimum absolute atomic E-state index is 0.224. The fourth-order valence-corrected chi connectivity index (χ4v) is 2.97. The van der Waals surface area contributed by atoms with Crippen molar-refractivity contribution in [2.24, 2.45) is 5.92 Å². The molecule has 2 heterocycles. The number of oxazole rings is 1. The third-order valence-corrected chi connectivity index (χ3v) is 4.76. The van der Waals surface area contributed by atoms with Gasteiger partial charge >= 0.3 is 6.09 Å². The molecule has 0 aliphatic heterocycles. The minimum Gasteiger partial charge on any atom is -0.493 e. The molecule has 1 aliphatic rings. The lowest BCUT2D eigenvalue weighted by molar-refractivity contribution is 0.0494. The summed E-state index contributed by atoms with van der Waals surface area (Å²) in [6.45, 7) is 8.34. The first-order chi connectivity index (χ1) is 15.2. The Hall–Kier alpha value is -3.29. The summed E-state index contributed by atoms with van der Waals surface area (Å²) < 4.78 is 22.6. The summed E-state index contributed by atoms with van der Waals surface area (Å²) in [5.74, 6) is 2.51. The zero-order chi connectivity index (χ0) is 22.7. The van der Waals surface area contributed by atoms with Gasteiger partial charge in [-0.1, -0.05) is 0 Å². The summed E-state index contributed by atoms with van der Waals surface area (Å²) in [4.78, 5) is 20.8. The zero-order valence-corrected chi connectivity index (χ0v) is 18.9.